The molecule has 0 saturated heterocycles. The van der Waals surface area contributed by atoms with E-state index in [0.29, 0.717) is 22.6 Å². The standard InChI is InChI=1S/C17H18FNO2/c1-20-12-6-7-15(21-2)14(10-12)16(18)13-5-3-4-11-8-9-19-17(11)13/h3-7,10,16,19H,8-9H2,1-2H3. The third-order valence-electron chi connectivity index (χ3n) is 3.86. The van der Waals surface area contributed by atoms with Crippen LogP contribution in [0.4, 0.5) is 10.1 Å². The lowest BCUT2D eigenvalue weighted by Crippen LogP contribution is -2.03. The number of hydrogen-bond donors (Lipinski definition) is 1. The molecule has 110 valence electrons. The van der Waals surface area contributed by atoms with E-state index in [9.17, 15) is 0 Å². The maximum Gasteiger partial charge on any atom is 0.156 e. The first-order valence-electron chi connectivity index (χ1n) is 6.96. The largest absolute Gasteiger partial charge is 0.497 e. The molecule has 1 aliphatic heterocycles. The second kappa shape index (κ2) is 5.64. The number of alkyl halides is 1. The number of hydrogen-bond acceptors (Lipinski definition) is 3. The molecule has 0 amide bonds. The van der Waals surface area contributed by atoms with E-state index < -0.39 is 6.17 Å². The highest BCUT2D eigenvalue weighted by Gasteiger charge is 2.24. The smallest absolute Gasteiger partial charge is 0.156 e. The zero-order chi connectivity index (χ0) is 14.8. The highest BCUT2D eigenvalue weighted by atomic mass is 19.1. The molecular formula is C17H18FNO2. The Balaban J connectivity index is 2.06. The Morgan fingerprint density at radius 2 is 1.95 bits per heavy atom. The van der Waals surface area contributed by atoms with Gasteiger partial charge in [-0.15, -0.1) is 0 Å². The number of methoxy groups -OCH3 is 2. The van der Waals surface area contributed by atoms with Gasteiger partial charge in [-0.25, -0.2) is 4.39 Å². The summed E-state index contributed by atoms with van der Waals surface area (Å²) >= 11 is 0. The molecule has 1 unspecified atom stereocenters. The summed E-state index contributed by atoms with van der Waals surface area (Å²) in [5.74, 6) is 1.15. The first-order chi connectivity index (χ1) is 10.2. The summed E-state index contributed by atoms with van der Waals surface area (Å²) in [5, 5.41) is 3.27. The van der Waals surface area contributed by atoms with Crippen molar-refractivity contribution in [1.29, 1.82) is 0 Å². The third-order valence-corrected chi connectivity index (χ3v) is 3.86. The number of ether oxygens (including phenoxy) is 2. The van der Waals surface area contributed by atoms with Crippen LogP contribution in [0.1, 0.15) is 22.9 Å². The van der Waals surface area contributed by atoms with Crippen molar-refractivity contribution in [3.8, 4) is 11.5 Å². The maximum absolute atomic E-state index is 15.1. The fourth-order valence-electron chi connectivity index (χ4n) is 2.78. The van der Waals surface area contributed by atoms with Crippen molar-refractivity contribution in [3.05, 3.63) is 53.1 Å². The van der Waals surface area contributed by atoms with Crippen LogP contribution in [-0.2, 0) is 6.42 Å². The fraction of sp³-hybridized carbons (Fsp3) is 0.294. The molecule has 0 bridgehead atoms. The predicted octanol–water partition coefficient (Wildman–Crippen LogP) is 3.73. The average molecular weight is 287 g/mol. The van der Waals surface area contributed by atoms with Crippen LogP contribution < -0.4 is 14.8 Å². The molecule has 1 N–H and O–H groups in total. The molecule has 2 aromatic carbocycles. The highest BCUT2D eigenvalue weighted by Crippen LogP contribution is 2.40. The van der Waals surface area contributed by atoms with Crippen molar-refractivity contribution in [2.75, 3.05) is 26.1 Å². The van der Waals surface area contributed by atoms with E-state index in [0.717, 1.165) is 24.2 Å². The van der Waals surface area contributed by atoms with E-state index in [1.54, 1.807) is 32.4 Å². The summed E-state index contributed by atoms with van der Waals surface area (Å²) in [6.45, 7) is 0.855. The van der Waals surface area contributed by atoms with Crippen LogP contribution in [0.25, 0.3) is 0 Å². The van der Waals surface area contributed by atoms with Gasteiger partial charge in [-0.1, -0.05) is 18.2 Å². The van der Waals surface area contributed by atoms with E-state index in [4.69, 9.17) is 9.47 Å². The highest BCUT2D eigenvalue weighted by molar-refractivity contribution is 5.64. The molecule has 0 saturated carbocycles. The van der Waals surface area contributed by atoms with Crippen molar-refractivity contribution in [2.24, 2.45) is 0 Å². The second-order valence-electron chi connectivity index (χ2n) is 5.03. The number of nitrogens with one attached hydrogen (secondary N) is 1. The summed E-state index contributed by atoms with van der Waals surface area (Å²) in [4.78, 5) is 0. The van der Waals surface area contributed by atoms with E-state index in [-0.39, 0.29) is 0 Å². The quantitative estimate of drug-likeness (QED) is 0.929. The van der Waals surface area contributed by atoms with Crippen molar-refractivity contribution < 1.29 is 13.9 Å². The molecule has 1 aliphatic rings. The summed E-state index contributed by atoms with van der Waals surface area (Å²) in [7, 11) is 3.12. The molecule has 3 rings (SSSR count). The minimum Gasteiger partial charge on any atom is -0.497 e. The van der Waals surface area contributed by atoms with Crippen LogP contribution in [0.3, 0.4) is 0 Å². The number of halogens is 1. The Hall–Kier alpha value is -2.23. The van der Waals surface area contributed by atoms with E-state index in [1.807, 2.05) is 18.2 Å². The Labute approximate surface area is 123 Å². The molecule has 0 fully saturated rings. The van der Waals surface area contributed by atoms with Crippen LogP contribution in [0, 0.1) is 0 Å². The number of benzene rings is 2. The number of fused-ring (bicyclic) bond motifs is 1. The van der Waals surface area contributed by atoms with E-state index in [1.165, 1.54) is 0 Å². The van der Waals surface area contributed by atoms with Crippen molar-refractivity contribution in [3.63, 3.8) is 0 Å². The second-order valence-corrected chi connectivity index (χ2v) is 5.03. The van der Waals surface area contributed by atoms with E-state index >= 15 is 4.39 Å². The van der Waals surface area contributed by atoms with Gasteiger partial charge in [-0.2, -0.15) is 0 Å². The lowest BCUT2D eigenvalue weighted by Gasteiger charge is -2.17. The molecule has 1 heterocycles. The van der Waals surface area contributed by atoms with Crippen LogP contribution in [-0.4, -0.2) is 20.8 Å². The minimum atomic E-state index is -1.25. The molecule has 4 heteroatoms. The Bertz CT molecular complexity index is 657. The molecule has 0 aliphatic carbocycles. The van der Waals surface area contributed by atoms with Crippen LogP contribution in [0.5, 0.6) is 11.5 Å². The van der Waals surface area contributed by atoms with Crippen LogP contribution in [0.2, 0.25) is 0 Å². The zero-order valence-corrected chi connectivity index (χ0v) is 12.2. The summed E-state index contributed by atoms with van der Waals surface area (Å²) in [5.41, 5.74) is 3.21. The third kappa shape index (κ3) is 2.42. The lowest BCUT2D eigenvalue weighted by atomic mass is 9.98. The Morgan fingerprint density at radius 3 is 2.71 bits per heavy atom. The molecule has 0 radical (unpaired) electrons. The number of para-hydroxylation sites is 1. The molecule has 2 aromatic rings. The molecule has 3 nitrogen and oxygen atoms in total. The maximum atomic E-state index is 15.1. The number of anilines is 1. The first-order valence-corrected chi connectivity index (χ1v) is 6.96. The summed E-state index contributed by atoms with van der Waals surface area (Å²) < 4.78 is 25.6. The average Bonchev–Trinajstić information content (AvgIpc) is 3.02. The van der Waals surface area contributed by atoms with Gasteiger partial charge < -0.3 is 14.8 Å². The minimum absolute atomic E-state index is 0.485. The fourth-order valence-corrected chi connectivity index (χ4v) is 2.78. The van der Waals surface area contributed by atoms with Crippen molar-refractivity contribution in [1.82, 2.24) is 0 Å². The Morgan fingerprint density at radius 1 is 1.10 bits per heavy atom. The van der Waals surface area contributed by atoms with Gasteiger partial charge in [0.1, 0.15) is 11.5 Å². The monoisotopic (exact) mass is 287 g/mol. The topological polar surface area (TPSA) is 30.5 Å². The first kappa shape index (κ1) is 13.7. The van der Waals surface area contributed by atoms with Gasteiger partial charge in [0.25, 0.3) is 0 Å². The van der Waals surface area contributed by atoms with E-state index in [2.05, 4.69) is 5.32 Å². The van der Waals surface area contributed by atoms with Gasteiger partial charge in [0, 0.05) is 23.4 Å². The van der Waals surface area contributed by atoms with Gasteiger partial charge in [-0.3, -0.25) is 0 Å². The normalized spacial score (nSPS) is 14.2. The van der Waals surface area contributed by atoms with Crippen LogP contribution in [0.15, 0.2) is 36.4 Å². The van der Waals surface area contributed by atoms with Crippen molar-refractivity contribution in [2.45, 2.75) is 12.6 Å². The molecule has 21 heavy (non-hydrogen) atoms. The molecule has 0 aromatic heterocycles. The molecule has 0 spiro atoms. The van der Waals surface area contributed by atoms with Crippen molar-refractivity contribution >= 4 is 5.69 Å². The van der Waals surface area contributed by atoms with Gasteiger partial charge in [0.15, 0.2) is 6.17 Å². The van der Waals surface area contributed by atoms with Gasteiger partial charge in [0.2, 0.25) is 0 Å². The van der Waals surface area contributed by atoms with Crippen LogP contribution >= 0.6 is 0 Å². The zero-order valence-electron chi connectivity index (χ0n) is 12.2. The summed E-state index contributed by atoms with van der Waals surface area (Å²) in [6.07, 6.45) is -0.318. The lowest BCUT2D eigenvalue weighted by molar-refractivity contribution is 0.359. The van der Waals surface area contributed by atoms with Gasteiger partial charge in [0.05, 0.1) is 14.2 Å². The van der Waals surface area contributed by atoms with Gasteiger partial charge >= 0.3 is 0 Å². The SMILES string of the molecule is COc1ccc(OC)c(C(F)c2cccc3c2NCC3)c1. The number of rotatable bonds is 4. The molecule has 1 atom stereocenters. The molecular weight excluding hydrogens is 269 g/mol. The van der Waals surface area contributed by atoms with Gasteiger partial charge in [-0.05, 0) is 30.2 Å². The summed E-state index contributed by atoms with van der Waals surface area (Å²) in [6, 6.07) is 11.0. The predicted molar refractivity (Wildman–Crippen MR) is 81.1 cm³/mol. The Kier molecular flexibility index (Phi) is 3.69.